The van der Waals surface area contributed by atoms with E-state index in [0.717, 1.165) is 20.4 Å². The summed E-state index contributed by atoms with van der Waals surface area (Å²) in [7, 11) is 0. The lowest BCUT2D eigenvalue weighted by molar-refractivity contribution is -0.113. The number of nitrogens with zero attached hydrogens (tertiary/aromatic N) is 1. The summed E-state index contributed by atoms with van der Waals surface area (Å²) in [6.07, 6.45) is 0. The molecule has 3 rings (SSSR count). The standard InChI is InChI=1S/C18H16IN3O2S/c1-10-7-12(19)8-11(2)16(10)21-15(23)9-25-18-20-14-6-4-3-5-13(14)17(24)22-18/h3-8H,9H2,1-2H3,(H,21,23)(H,20,22,24). The van der Waals surface area contributed by atoms with Gasteiger partial charge in [0, 0.05) is 9.26 Å². The topological polar surface area (TPSA) is 74.8 Å². The zero-order chi connectivity index (χ0) is 18.0. The number of para-hydroxylation sites is 1. The molecule has 0 saturated heterocycles. The van der Waals surface area contributed by atoms with E-state index in [1.807, 2.05) is 32.0 Å². The van der Waals surface area contributed by atoms with Gasteiger partial charge in [-0.15, -0.1) is 0 Å². The van der Waals surface area contributed by atoms with Crippen LogP contribution in [0.2, 0.25) is 0 Å². The van der Waals surface area contributed by atoms with Gasteiger partial charge in [0.25, 0.3) is 5.56 Å². The Balaban J connectivity index is 1.72. The summed E-state index contributed by atoms with van der Waals surface area (Å²) in [6.45, 7) is 3.95. The van der Waals surface area contributed by atoms with Crippen LogP contribution in [-0.4, -0.2) is 21.6 Å². The Morgan fingerprint density at radius 2 is 1.92 bits per heavy atom. The van der Waals surface area contributed by atoms with E-state index < -0.39 is 0 Å². The minimum atomic E-state index is -0.196. The van der Waals surface area contributed by atoms with Crippen molar-refractivity contribution in [1.82, 2.24) is 9.97 Å². The molecule has 1 aromatic heterocycles. The van der Waals surface area contributed by atoms with Crippen molar-refractivity contribution >= 4 is 56.9 Å². The monoisotopic (exact) mass is 465 g/mol. The molecule has 0 bridgehead atoms. The summed E-state index contributed by atoms with van der Waals surface area (Å²) >= 11 is 3.47. The van der Waals surface area contributed by atoms with Gasteiger partial charge in [-0.25, -0.2) is 4.98 Å². The number of carbonyl (C=O) groups excluding carboxylic acids is 1. The first kappa shape index (κ1) is 17.9. The molecule has 0 aliphatic rings. The van der Waals surface area contributed by atoms with Crippen LogP contribution in [-0.2, 0) is 4.79 Å². The van der Waals surface area contributed by atoms with Gasteiger partial charge in [-0.1, -0.05) is 23.9 Å². The van der Waals surface area contributed by atoms with E-state index >= 15 is 0 Å². The van der Waals surface area contributed by atoms with Crippen molar-refractivity contribution in [3.63, 3.8) is 0 Å². The number of carbonyl (C=O) groups is 1. The maximum absolute atomic E-state index is 12.3. The van der Waals surface area contributed by atoms with Crippen LogP contribution in [0.5, 0.6) is 0 Å². The molecular weight excluding hydrogens is 449 g/mol. The number of fused-ring (bicyclic) bond motifs is 1. The van der Waals surface area contributed by atoms with Crippen LogP contribution in [0.25, 0.3) is 10.9 Å². The highest BCUT2D eigenvalue weighted by Gasteiger charge is 2.11. The molecule has 128 valence electrons. The molecule has 25 heavy (non-hydrogen) atoms. The fourth-order valence-electron chi connectivity index (χ4n) is 2.55. The number of thioether (sulfide) groups is 1. The van der Waals surface area contributed by atoms with E-state index in [2.05, 4.69) is 37.9 Å². The average molecular weight is 465 g/mol. The lowest BCUT2D eigenvalue weighted by Gasteiger charge is -2.12. The number of anilines is 1. The van der Waals surface area contributed by atoms with E-state index in [9.17, 15) is 9.59 Å². The highest BCUT2D eigenvalue weighted by Crippen LogP contribution is 2.24. The van der Waals surface area contributed by atoms with Gasteiger partial charge in [0.15, 0.2) is 5.16 Å². The Morgan fingerprint density at radius 3 is 2.64 bits per heavy atom. The van der Waals surface area contributed by atoms with E-state index in [0.29, 0.717) is 16.1 Å². The molecule has 2 N–H and O–H groups in total. The molecule has 0 aliphatic carbocycles. The second-order valence-corrected chi connectivity index (χ2v) is 7.85. The van der Waals surface area contributed by atoms with Crippen LogP contribution >= 0.6 is 34.4 Å². The van der Waals surface area contributed by atoms with Gasteiger partial charge in [0.05, 0.1) is 16.7 Å². The van der Waals surface area contributed by atoms with Gasteiger partial charge in [-0.05, 0) is 71.8 Å². The van der Waals surface area contributed by atoms with Crippen molar-refractivity contribution in [2.75, 3.05) is 11.1 Å². The second-order valence-electron chi connectivity index (χ2n) is 5.64. The largest absolute Gasteiger partial charge is 0.325 e. The number of halogens is 1. The SMILES string of the molecule is Cc1cc(I)cc(C)c1NC(=O)CSc1nc2ccccc2c(=O)[nH]1. The number of nitrogens with one attached hydrogen (secondary N) is 2. The Labute approximate surface area is 162 Å². The van der Waals surface area contributed by atoms with Gasteiger partial charge >= 0.3 is 0 Å². The molecule has 0 unspecified atom stereocenters. The van der Waals surface area contributed by atoms with Gasteiger partial charge in [0.2, 0.25) is 5.91 Å². The first-order chi connectivity index (χ1) is 11.9. The summed E-state index contributed by atoms with van der Waals surface area (Å²) in [5.41, 5.74) is 3.32. The Bertz CT molecular complexity index is 994. The van der Waals surface area contributed by atoms with Gasteiger partial charge in [0.1, 0.15) is 0 Å². The lowest BCUT2D eigenvalue weighted by atomic mass is 10.1. The van der Waals surface area contributed by atoms with E-state index in [1.54, 1.807) is 18.2 Å². The summed E-state index contributed by atoms with van der Waals surface area (Å²) in [6, 6.07) is 11.2. The first-order valence-electron chi connectivity index (χ1n) is 7.62. The normalized spacial score (nSPS) is 10.8. The first-order valence-corrected chi connectivity index (χ1v) is 9.69. The second kappa shape index (κ2) is 7.57. The summed E-state index contributed by atoms with van der Waals surface area (Å²) in [5, 5.41) is 3.93. The van der Waals surface area contributed by atoms with E-state index in [4.69, 9.17) is 0 Å². The fourth-order valence-corrected chi connectivity index (χ4v) is 4.15. The fraction of sp³-hybridized carbons (Fsp3) is 0.167. The van der Waals surface area contributed by atoms with Crippen LogP contribution in [0, 0.1) is 17.4 Å². The highest BCUT2D eigenvalue weighted by atomic mass is 127. The van der Waals surface area contributed by atoms with Crippen molar-refractivity contribution in [2.24, 2.45) is 0 Å². The molecule has 1 heterocycles. The molecule has 0 fully saturated rings. The number of hydrogen-bond donors (Lipinski definition) is 2. The van der Waals surface area contributed by atoms with Crippen molar-refractivity contribution in [1.29, 1.82) is 0 Å². The lowest BCUT2D eigenvalue weighted by Crippen LogP contribution is -2.17. The number of benzene rings is 2. The van der Waals surface area contributed by atoms with E-state index in [1.165, 1.54) is 11.8 Å². The van der Waals surface area contributed by atoms with Crippen molar-refractivity contribution in [2.45, 2.75) is 19.0 Å². The van der Waals surface area contributed by atoms with Crippen molar-refractivity contribution in [3.05, 3.63) is 61.4 Å². The maximum Gasteiger partial charge on any atom is 0.259 e. The molecule has 7 heteroatoms. The third-order valence-corrected chi connectivity index (χ3v) is 5.19. The number of aromatic nitrogens is 2. The van der Waals surface area contributed by atoms with Gasteiger partial charge in [-0.3, -0.25) is 9.59 Å². The smallest absolute Gasteiger partial charge is 0.259 e. The minimum Gasteiger partial charge on any atom is -0.325 e. The number of aromatic amines is 1. The van der Waals surface area contributed by atoms with Crippen LogP contribution in [0.3, 0.4) is 0 Å². The molecule has 0 radical (unpaired) electrons. The molecule has 0 spiro atoms. The number of rotatable bonds is 4. The van der Waals surface area contributed by atoms with Crippen LogP contribution in [0.1, 0.15) is 11.1 Å². The Hall–Kier alpha value is -1.87. The van der Waals surface area contributed by atoms with Gasteiger partial charge < -0.3 is 10.3 Å². The molecule has 3 aromatic rings. The Kier molecular flexibility index (Phi) is 5.43. The molecule has 1 amide bonds. The number of H-pyrrole nitrogens is 1. The predicted octanol–water partition coefficient (Wildman–Crippen LogP) is 3.88. The third-order valence-electron chi connectivity index (χ3n) is 3.69. The highest BCUT2D eigenvalue weighted by molar-refractivity contribution is 14.1. The molecule has 0 saturated carbocycles. The maximum atomic E-state index is 12.3. The molecular formula is C18H16IN3O2S. The number of amides is 1. The Morgan fingerprint density at radius 1 is 1.24 bits per heavy atom. The molecule has 0 aliphatic heterocycles. The summed E-state index contributed by atoms with van der Waals surface area (Å²) < 4.78 is 1.14. The van der Waals surface area contributed by atoms with Crippen LogP contribution in [0.4, 0.5) is 5.69 Å². The predicted molar refractivity (Wildman–Crippen MR) is 110 cm³/mol. The van der Waals surface area contributed by atoms with E-state index in [-0.39, 0.29) is 17.2 Å². The summed E-state index contributed by atoms with van der Waals surface area (Å²) in [5.74, 6) is 0.0415. The zero-order valence-electron chi connectivity index (χ0n) is 13.7. The van der Waals surface area contributed by atoms with Crippen LogP contribution in [0.15, 0.2) is 46.3 Å². The summed E-state index contributed by atoms with van der Waals surface area (Å²) in [4.78, 5) is 31.4. The van der Waals surface area contributed by atoms with Crippen LogP contribution < -0.4 is 10.9 Å². The molecule has 0 atom stereocenters. The quantitative estimate of drug-likeness (QED) is 0.349. The van der Waals surface area contributed by atoms with Crippen molar-refractivity contribution in [3.8, 4) is 0 Å². The third kappa shape index (κ3) is 4.21. The molecule has 2 aromatic carbocycles. The molecule has 5 nitrogen and oxygen atoms in total. The number of hydrogen-bond acceptors (Lipinski definition) is 4. The zero-order valence-corrected chi connectivity index (χ0v) is 16.7. The minimum absolute atomic E-state index is 0.131. The number of aryl methyl sites for hydroxylation is 2. The van der Waals surface area contributed by atoms with Crippen molar-refractivity contribution < 1.29 is 4.79 Å². The van der Waals surface area contributed by atoms with Gasteiger partial charge in [-0.2, -0.15) is 0 Å². The average Bonchev–Trinajstić information content (AvgIpc) is 2.56.